The maximum absolute atomic E-state index is 5.53. The molecule has 1 N–H and O–H groups in total. The molecule has 0 saturated carbocycles. The highest BCUT2D eigenvalue weighted by atomic mass is 16.5. The summed E-state index contributed by atoms with van der Waals surface area (Å²) in [5, 5.41) is 7.62. The Balaban J connectivity index is 2.98. The molecule has 0 spiro atoms. The lowest BCUT2D eigenvalue weighted by Gasteiger charge is -2.33. The average molecular weight is 211 g/mol. The number of hydrogen-bond acceptors (Lipinski definition) is 3. The fourth-order valence-electron chi connectivity index (χ4n) is 1.70. The number of nitrogens with zero attached hydrogens (tertiary/aromatic N) is 2. The first kappa shape index (κ1) is 12.2. The second-order valence-corrected chi connectivity index (χ2v) is 4.18. The molecular weight excluding hydrogens is 190 g/mol. The topological polar surface area (TPSA) is 39.1 Å². The second-order valence-electron chi connectivity index (χ2n) is 4.18. The van der Waals surface area contributed by atoms with E-state index in [1.807, 2.05) is 24.0 Å². The summed E-state index contributed by atoms with van der Waals surface area (Å²) in [6, 6.07) is 2.17. The number of nitrogens with one attached hydrogen (secondary N) is 1. The van der Waals surface area contributed by atoms with Gasteiger partial charge in [0.25, 0.3) is 0 Å². The van der Waals surface area contributed by atoms with Crippen LogP contribution in [0.3, 0.4) is 0 Å². The van der Waals surface area contributed by atoms with Crippen molar-refractivity contribution in [3.8, 4) is 0 Å². The van der Waals surface area contributed by atoms with Crippen LogP contribution in [0, 0.1) is 0 Å². The third-order valence-electron chi connectivity index (χ3n) is 2.78. The summed E-state index contributed by atoms with van der Waals surface area (Å²) >= 11 is 0. The highest BCUT2D eigenvalue weighted by molar-refractivity contribution is 5.11. The number of rotatable bonds is 5. The van der Waals surface area contributed by atoms with Crippen molar-refractivity contribution in [2.45, 2.75) is 32.4 Å². The first-order chi connectivity index (χ1) is 7.03. The number of likely N-dealkylation sites (N-methyl/N-ethyl adjacent to an activating group) is 1. The third kappa shape index (κ3) is 2.58. The zero-order valence-electron chi connectivity index (χ0n) is 10.2. The van der Waals surface area contributed by atoms with Crippen LogP contribution in [-0.2, 0) is 11.8 Å². The van der Waals surface area contributed by atoms with Crippen molar-refractivity contribution >= 4 is 0 Å². The van der Waals surface area contributed by atoms with Crippen molar-refractivity contribution in [1.82, 2.24) is 15.1 Å². The van der Waals surface area contributed by atoms with E-state index >= 15 is 0 Å². The van der Waals surface area contributed by atoms with E-state index in [1.165, 1.54) is 0 Å². The van der Waals surface area contributed by atoms with Gasteiger partial charge in [-0.1, -0.05) is 6.92 Å². The van der Waals surface area contributed by atoms with E-state index < -0.39 is 0 Å². The molecule has 0 fully saturated rings. The smallest absolute Gasteiger partial charge is 0.0831 e. The number of methoxy groups -OCH3 is 1. The van der Waals surface area contributed by atoms with Gasteiger partial charge in [0.1, 0.15) is 0 Å². The molecule has 0 radical (unpaired) electrons. The van der Waals surface area contributed by atoms with Crippen LogP contribution in [0.1, 0.15) is 32.5 Å². The molecule has 15 heavy (non-hydrogen) atoms. The fourth-order valence-corrected chi connectivity index (χ4v) is 1.70. The van der Waals surface area contributed by atoms with Crippen LogP contribution in [0.15, 0.2) is 12.3 Å². The van der Waals surface area contributed by atoms with Crippen molar-refractivity contribution in [1.29, 1.82) is 0 Å². The number of hydrogen-bond donors (Lipinski definition) is 1. The Morgan fingerprint density at radius 1 is 1.60 bits per heavy atom. The first-order valence-electron chi connectivity index (χ1n) is 5.29. The minimum atomic E-state index is -0.246. The molecule has 0 aliphatic rings. The van der Waals surface area contributed by atoms with Crippen LogP contribution in [0.5, 0.6) is 0 Å². The summed E-state index contributed by atoms with van der Waals surface area (Å²) in [6.07, 6.45) is 1.81. The van der Waals surface area contributed by atoms with E-state index in [4.69, 9.17) is 4.74 Å². The molecule has 86 valence electrons. The van der Waals surface area contributed by atoms with Gasteiger partial charge >= 0.3 is 0 Å². The van der Waals surface area contributed by atoms with Gasteiger partial charge in [0.15, 0.2) is 0 Å². The molecule has 1 atom stereocenters. The van der Waals surface area contributed by atoms with E-state index in [0.29, 0.717) is 0 Å². The Bertz CT molecular complexity index is 307. The molecule has 0 saturated heterocycles. The molecule has 1 rings (SSSR count). The van der Waals surface area contributed by atoms with Gasteiger partial charge in [-0.15, -0.1) is 0 Å². The molecule has 0 aromatic carbocycles. The molecule has 0 aliphatic heterocycles. The Morgan fingerprint density at radius 2 is 2.27 bits per heavy atom. The summed E-state index contributed by atoms with van der Waals surface area (Å²) in [5.74, 6) is 0. The lowest BCUT2D eigenvalue weighted by molar-refractivity contribution is -0.0128. The maximum Gasteiger partial charge on any atom is 0.0831 e. The number of ether oxygens (including phenoxy) is 1. The number of aromatic nitrogens is 2. The van der Waals surface area contributed by atoms with Gasteiger partial charge in [0.05, 0.1) is 17.3 Å². The van der Waals surface area contributed by atoms with Gasteiger partial charge in [-0.2, -0.15) is 5.10 Å². The van der Waals surface area contributed by atoms with Gasteiger partial charge in [-0.3, -0.25) is 4.68 Å². The van der Waals surface area contributed by atoms with E-state index in [2.05, 4.69) is 31.2 Å². The van der Waals surface area contributed by atoms with E-state index in [1.54, 1.807) is 7.11 Å². The van der Waals surface area contributed by atoms with Gasteiger partial charge < -0.3 is 10.1 Å². The van der Waals surface area contributed by atoms with Crippen LogP contribution < -0.4 is 5.32 Å². The number of aryl methyl sites for hydroxylation is 1. The second kappa shape index (κ2) is 4.77. The molecule has 0 aliphatic carbocycles. The first-order valence-corrected chi connectivity index (χ1v) is 5.29. The Kier molecular flexibility index (Phi) is 3.88. The minimum absolute atomic E-state index is 0.153. The van der Waals surface area contributed by atoms with Gasteiger partial charge in [-0.05, 0) is 26.5 Å². The molecule has 1 aromatic heterocycles. The predicted molar refractivity (Wildman–Crippen MR) is 60.7 cm³/mol. The molecular formula is C11H21N3O. The van der Waals surface area contributed by atoms with Crippen molar-refractivity contribution in [3.05, 3.63) is 18.0 Å². The van der Waals surface area contributed by atoms with Crippen molar-refractivity contribution in [2.24, 2.45) is 7.05 Å². The molecule has 0 amide bonds. The van der Waals surface area contributed by atoms with Gasteiger partial charge in [0, 0.05) is 20.4 Å². The fraction of sp³-hybridized carbons (Fsp3) is 0.727. The lowest BCUT2D eigenvalue weighted by atomic mass is 9.95. The summed E-state index contributed by atoms with van der Waals surface area (Å²) in [5.41, 5.74) is 0.896. The maximum atomic E-state index is 5.53. The summed E-state index contributed by atoms with van der Waals surface area (Å²) in [4.78, 5) is 0. The molecule has 4 nitrogen and oxygen atoms in total. The average Bonchev–Trinajstić information content (AvgIpc) is 2.60. The van der Waals surface area contributed by atoms with Crippen LogP contribution in [0.4, 0.5) is 0 Å². The Morgan fingerprint density at radius 3 is 2.67 bits per heavy atom. The molecule has 0 bridgehead atoms. The van der Waals surface area contributed by atoms with Crippen LogP contribution in [0.25, 0.3) is 0 Å². The summed E-state index contributed by atoms with van der Waals surface area (Å²) in [7, 11) is 3.69. The minimum Gasteiger partial charge on any atom is -0.377 e. The Hall–Kier alpha value is -0.870. The van der Waals surface area contributed by atoms with Crippen LogP contribution in [0.2, 0.25) is 0 Å². The quantitative estimate of drug-likeness (QED) is 0.802. The monoisotopic (exact) mass is 211 g/mol. The molecule has 1 aromatic rings. The van der Waals surface area contributed by atoms with Crippen molar-refractivity contribution in [2.75, 3.05) is 13.7 Å². The van der Waals surface area contributed by atoms with Crippen LogP contribution >= 0.6 is 0 Å². The predicted octanol–water partition coefficient (Wildman–Crippen LogP) is 1.50. The van der Waals surface area contributed by atoms with E-state index in [0.717, 1.165) is 12.2 Å². The largest absolute Gasteiger partial charge is 0.377 e. The zero-order chi connectivity index (χ0) is 11.5. The Labute approximate surface area is 91.6 Å². The molecule has 1 heterocycles. The summed E-state index contributed by atoms with van der Waals surface area (Å²) < 4.78 is 7.41. The SMILES string of the molecule is CCNC(c1ccnn1C)C(C)(C)OC. The van der Waals surface area contributed by atoms with Gasteiger partial charge in [-0.25, -0.2) is 0 Å². The third-order valence-corrected chi connectivity index (χ3v) is 2.78. The molecule has 1 unspecified atom stereocenters. The zero-order valence-corrected chi connectivity index (χ0v) is 10.2. The summed E-state index contributed by atoms with van der Waals surface area (Å²) in [6.45, 7) is 7.15. The van der Waals surface area contributed by atoms with Crippen molar-refractivity contribution < 1.29 is 4.74 Å². The highest BCUT2D eigenvalue weighted by Gasteiger charge is 2.31. The lowest BCUT2D eigenvalue weighted by Crippen LogP contribution is -2.41. The van der Waals surface area contributed by atoms with Crippen LogP contribution in [-0.4, -0.2) is 29.0 Å². The van der Waals surface area contributed by atoms with Crippen molar-refractivity contribution in [3.63, 3.8) is 0 Å². The highest BCUT2D eigenvalue weighted by Crippen LogP contribution is 2.27. The van der Waals surface area contributed by atoms with E-state index in [-0.39, 0.29) is 11.6 Å². The molecule has 4 heteroatoms. The standard InChI is InChI=1S/C11H21N3O/c1-6-12-10(11(2,3)15-5)9-7-8-13-14(9)4/h7-8,10,12H,6H2,1-5H3. The normalized spacial score (nSPS) is 14.2. The van der Waals surface area contributed by atoms with E-state index in [9.17, 15) is 0 Å². The van der Waals surface area contributed by atoms with Gasteiger partial charge in [0.2, 0.25) is 0 Å².